The van der Waals surface area contributed by atoms with E-state index in [0.29, 0.717) is 5.75 Å². The van der Waals surface area contributed by atoms with E-state index in [2.05, 4.69) is 5.32 Å². The molecule has 0 bridgehead atoms. The second-order valence-corrected chi connectivity index (χ2v) is 5.42. The van der Waals surface area contributed by atoms with Gasteiger partial charge in [-0.25, -0.2) is 9.18 Å². The number of anilines is 1. The molecule has 0 spiro atoms. The first-order valence-corrected chi connectivity index (χ1v) is 7.70. The minimum Gasteiger partial charge on any atom is -0.410 e. The monoisotopic (exact) mass is 336 g/mol. The van der Waals surface area contributed by atoms with Gasteiger partial charge in [-0.1, -0.05) is 0 Å². The molecule has 0 aliphatic heterocycles. The van der Waals surface area contributed by atoms with Crippen molar-refractivity contribution in [2.75, 3.05) is 11.6 Å². The van der Waals surface area contributed by atoms with Crippen LogP contribution in [0.25, 0.3) is 0 Å². The molecule has 2 aromatic carbocycles. The number of thioether (sulfide) groups is 1. The highest BCUT2D eigenvalue weighted by Gasteiger charge is 2.14. The fraction of sp³-hybridized carbons (Fsp3) is 0.133. The molecule has 6 nitrogen and oxygen atoms in total. The number of amides is 1. The van der Waals surface area contributed by atoms with Gasteiger partial charge in [-0.3, -0.25) is 15.4 Å². The molecule has 0 heterocycles. The number of halogens is 1. The summed E-state index contributed by atoms with van der Waals surface area (Å²) in [5.41, 5.74) is 0.285. The summed E-state index contributed by atoms with van der Waals surface area (Å²) in [7, 11) is 0. The van der Waals surface area contributed by atoms with Crippen LogP contribution in [0.15, 0.2) is 41.3 Å². The normalized spacial score (nSPS) is 10.2. The third-order valence-electron chi connectivity index (χ3n) is 2.97. The third kappa shape index (κ3) is 4.19. The molecule has 23 heavy (non-hydrogen) atoms. The highest BCUT2D eigenvalue weighted by atomic mass is 32.2. The molecule has 0 atom stereocenters. The number of nitrogens with zero attached hydrogens (tertiary/aromatic N) is 1. The lowest BCUT2D eigenvalue weighted by atomic mass is 10.2. The Balaban J connectivity index is 2.12. The molecule has 1 amide bonds. The van der Waals surface area contributed by atoms with Crippen molar-refractivity contribution in [3.8, 4) is 5.75 Å². The fourth-order valence-corrected chi connectivity index (χ4v) is 2.46. The maximum atomic E-state index is 13.6. The summed E-state index contributed by atoms with van der Waals surface area (Å²) in [6.07, 6.45) is 1.00. The van der Waals surface area contributed by atoms with Crippen LogP contribution in [-0.4, -0.2) is 17.3 Å². The molecule has 0 aromatic heterocycles. The number of nitrogens with one attached hydrogen (secondary N) is 1. The Morgan fingerprint density at radius 2 is 2.04 bits per heavy atom. The molecular formula is C15H13FN2O4S. The zero-order valence-corrected chi connectivity index (χ0v) is 13.1. The minimum absolute atomic E-state index is 0.295. The van der Waals surface area contributed by atoms with Crippen LogP contribution in [0.3, 0.4) is 0 Å². The topological polar surface area (TPSA) is 81.5 Å². The van der Waals surface area contributed by atoms with Crippen molar-refractivity contribution >= 4 is 29.2 Å². The predicted octanol–water partition coefficient (Wildman–Crippen LogP) is 4.38. The van der Waals surface area contributed by atoms with Crippen molar-refractivity contribution in [1.82, 2.24) is 0 Å². The molecule has 0 fully saturated rings. The van der Waals surface area contributed by atoms with Crippen LogP contribution in [0.1, 0.15) is 5.56 Å². The summed E-state index contributed by atoms with van der Waals surface area (Å²) in [4.78, 5) is 22.8. The summed E-state index contributed by atoms with van der Waals surface area (Å²) >= 11 is 1.56. The number of rotatable bonds is 4. The van der Waals surface area contributed by atoms with Gasteiger partial charge in [0.1, 0.15) is 11.6 Å². The molecule has 0 aliphatic carbocycles. The number of hydrogen-bond donors (Lipinski definition) is 1. The van der Waals surface area contributed by atoms with Gasteiger partial charge in [0.05, 0.1) is 10.6 Å². The Labute approximate surface area is 135 Å². The highest BCUT2D eigenvalue weighted by Crippen LogP contribution is 2.25. The number of ether oxygens (including phenoxy) is 1. The van der Waals surface area contributed by atoms with E-state index in [1.54, 1.807) is 30.0 Å². The lowest BCUT2D eigenvalue weighted by Crippen LogP contribution is -2.17. The number of carbonyl (C=O) groups is 1. The third-order valence-corrected chi connectivity index (χ3v) is 3.87. The number of benzene rings is 2. The Bertz CT molecular complexity index is 767. The van der Waals surface area contributed by atoms with E-state index in [-0.39, 0.29) is 11.4 Å². The lowest BCUT2D eigenvalue weighted by molar-refractivity contribution is -0.384. The van der Waals surface area contributed by atoms with Gasteiger partial charge in [-0.15, -0.1) is 11.8 Å². The first-order chi connectivity index (χ1) is 10.9. The van der Waals surface area contributed by atoms with Gasteiger partial charge in [-0.05, 0) is 43.0 Å². The largest absolute Gasteiger partial charge is 0.417 e. The second-order valence-electron chi connectivity index (χ2n) is 4.57. The van der Waals surface area contributed by atoms with Crippen molar-refractivity contribution in [1.29, 1.82) is 0 Å². The van der Waals surface area contributed by atoms with Crippen molar-refractivity contribution in [2.45, 2.75) is 11.8 Å². The Kier molecular flexibility index (Phi) is 5.17. The van der Waals surface area contributed by atoms with Gasteiger partial charge in [0.15, 0.2) is 0 Å². The van der Waals surface area contributed by atoms with Crippen molar-refractivity contribution in [2.24, 2.45) is 0 Å². The smallest absolute Gasteiger partial charge is 0.410 e. The summed E-state index contributed by atoms with van der Waals surface area (Å²) in [5.74, 6) is -0.495. The van der Waals surface area contributed by atoms with E-state index in [4.69, 9.17) is 4.74 Å². The van der Waals surface area contributed by atoms with E-state index in [0.717, 1.165) is 28.7 Å². The van der Waals surface area contributed by atoms with Gasteiger partial charge in [0.2, 0.25) is 0 Å². The van der Waals surface area contributed by atoms with E-state index in [1.165, 1.54) is 0 Å². The number of non-ortho nitro benzene ring substituents is 1. The number of aryl methyl sites for hydroxylation is 1. The van der Waals surface area contributed by atoms with Crippen LogP contribution in [0.2, 0.25) is 0 Å². The molecule has 120 valence electrons. The number of carbonyl (C=O) groups excluding carboxylic acids is 1. The van der Waals surface area contributed by atoms with Gasteiger partial charge in [0.25, 0.3) is 5.69 Å². The Morgan fingerprint density at radius 3 is 2.65 bits per heavy atom. The average molecular weight is 336 g/mol. The van der Waals surface area contributed by atoms with Crippen molar-refractivity contribution < 1.29 is 18.8 Å². The summed E-state index contributed by atoms with van der Waals surface area (Å²) in [6, 6.07) is 7.94. The molecule has 0 radical (unpaired) electrons. The zero-order valence-electron chi connectivity index (χ0n) is 12.3. The minimum atomic E-state index is -0.930. The molecule has 1 N–H and O–H groups in total. The van der Waals surface area contributed by atoms with Crippen LogP contribution in [0.4, 0.5) is 20.6 Å². The fourth-order valence-electron chi connectivity index (χ4n) is 1.88. The summed E-state index contributed by atoms with van der Waals surface area (Å²) in [6.45, 7) is 1.87. The Hall–Kier alpha value is -2.61. The first-order valence-electron chi connectivity index (χ1n) is 6.48. The average Bonchev–Trinajstić information content (AvgIpc) is 2.49. The number of nitro benzene ring substituents is 1. The standard InChI is InChI=1S/C15H13FN2O4S/c1-9-7-11(4-6-14(9)23-2)22-15(19)17-13-8-10(18(20)21)3-5-12(13)16/h3-8H,1-2H3,(H,17,19). The molecule has 2 aromatic rings. The first kappa shape index (κ1) is 16.8. The summed E-state index contributed by atoms with van der Waals surface area (Å²) < 4.78 is 18.7. The van der Waals surface area contributed by atoms with Crippen LogP contribution < -0.4 is 10.1 Å². The van der Waals surface area contributed by atoms with Gasteiger partial charge in [-0.2, -0.15) is 0 Å². The molecule has 2 rings (SSSR count). The molecule has 0 saturated heterocycles. The molecule has 0 saturated carbocycles. The van der Waals surface area contributed by atoms with Gasteiger partial charge >= 0.3 is 6.09 Å². The van der Waals surface area contributed by atoms with Crippen molar-refractivity contribution in [3.63, 3.8) is 0 Å². The maximum absolute atomic E-state index is 13.6. The van der Waals surface area contributed by atoms with E-state index >= 15 is 0 Å². The second kappa shape index (κ2) is 7.10. The van der Waals surface area contributed by atoms with Gasteiger partial charge < -0.3 is 4.74 Å². The zero-order chi connectivity index (χ0) is 17.0. The predicted molar refractivity (Wildman–Crippen MR) is 85.7 cm³/mol. The van der Waals surface area contributed by atoms with Crippen LogP contribution in [0, 0.1) is 22.9 Å². The Morgan fingerprint density at radius 1 is 1.30 bits per heavy atom. The van der Waals surface area contributed by atoms with E-state index < -0.39 is 16.8 Å². The van der Waals surface area contributed by atoms with E-state index in [9.17, 15) is 19.3 Å². The molecule has 8 heteroatoms. The van der Waals surface area contributed by atoms with Gasteiger partial charge in [0, 0.05) is 17.0 Å². The maximum Gasteiger partial charge on any atom is 0.417 e. The lowest BCUT2D eigenvalue weighted by Gasteiger charge is -2.09. The molecule has 0 unspecified atom stereocenters. The number of hydrogen-bond acceptors (Lipinski definition) is 5. The van der Waals surface area contributed by atoms with Crippen molar-refractivity contribution in [3.05, 3.63) is 57.9 Å². The van der Waals surface area contributed by atoms with Crippen LogP contribution >= 0.6 is 11.8 Å². The number of nitro groups is 1. The summed E-state index contributed by atoms with van der Waals surface area (Å²) in [5, 5.41) is 12.8. The SMILES string of the molecule is CSc1ccc(OC(=O)Nc2cc([N+](=O)[O-])ccc2F)cc1C. The highest BCUT2D eigenvalue weighted by molar-refractivity contribution is 7.98. The quantitative estimate of drug-likeness (QED) is 0.509. The van der Waals surface area contributed by atoms with Crippen LogP contribution in [-0.2, 0) is 0 Å². The van der Waals surface area contributed by atoms with E-state index in [1.807, 2.05) is 13.2 Å². The molecular weight excluding hydrogens is 323 g/mol. The van der Waals surface area contributed by atoms with Crippen LogP contribution in [0.5, 0.6) is 5.75 Å². The molecule has 0 aliphatic rings.